The number of benzene rings is 4. The number of anilines is 1. The third-order valence-corrected chi connectivity index (χ3v) is 7.34. The van der Waals surface area contributed by atoms with Gasteiger partial charge in [0.15, 0.2) is 0 Å². The first kappa shape index (κ1) is 22.6. The van der Waals surface area contributed by atoms with E-state index in [0.717, 1.165) is 34.0 Å². The van der Waals surface area contributed by atoms with Crippen molar-refractivity contribution >= 4 is 29.2 Å². The van der Waals surface area contributed by atoms with E-state index < -0.39 is 0 Å². The molecule has 4 aromatic rings. The van der Waals surface area contributed by atoms with E-state index in [0.29, 0.717) is 24.5 Å². The van der Waals surface area contributed by atoms with E-state index in [2.05, 4.69) is 71.0 Å². The number of fused-ring (bicyclic) bond motifs is 3. The van der Waals surface area contributed by atoms with Crippen molar-refractivity contribution in [2.75, 3.05) is 5.32 Å². The van der Waals surface area contributed by atoms with Crippen LogP contribution >= 0.6 is 11.6 Å². The van der Waals surface area contributed by atoms with Crippen LogP contribution in [0.2, 0.25) is 5.02 Å². The summed E-state index contributed by atoms with van der Waals surface area (Å²) in [5.41, 5.74) is 7.03. The van der Waals surface area contributed by atoms with Gasteiger partial charge in [-0.2, -0.15) is 0 Å². The summed E-state index contributed by atoms with van der Waals surface area (Å²) < 4.78 is 5.87. The molecule has 178 valence electrons. The van der Waals surface area contributed by atoms with Crippen LogP contribution in [0.15, 0.2) is 114 Å². The van der Waals surface area contributed by atoms with Gasteiger partial charge in [0.05, 0.1) is 11.7 Å². The van der Waals surface area contributed by atoms with Crippen LogP contribution in [0.1, 0.15) is 40.6 Å². The molecule has 3 nitrogen and oxygen atoms in total. The standard InChI is InChI=1S/C32H27ClN2O/c33-25-14-8-23(9-15-25)21-36-27-18-10-22(11-19-27)20-34-26-16-12-24(13-17-26)32-30-6-3-5-28(30)29-4-1-2-7-31(29)35-32/h1-5,7-20,28,30,32,35H,6,21H2/t28-,30-,32-/m0/s1. The summed E-state index contributed by atoms with van der Waals surface area (Å²) in [6.45, 7) is 0.510. The molecule has 36 heavy (non-hydrogen) atoms. The van der Waals surface area contributed by atoms with Crippen LogP contribution in [0.4, 0.5) is 11.4 Å². The van der Waals surface area contributed by atoms with Gasteiger partial charge < -0.3 is 10.1 Å². The molecule has 4 heteroatoms. The summed E-state index contributed by atoms with van der Waals surface area (Å²) >= 11 is 5.94. The minimum atomic E-state index is 0.304. The molecular formula is C32H27ClN2O. The average molecular weight is 491 g/mol. The third kappa shape index (κ3) is 4.80. The maximum absolute atomic E-state index is 5.94. The second kappa shape index (κ2) is 10.0. The molecule has 1 N–H and O–H groups in total. The van der Waals surface area contributed by atoms with E-state index in [4.69, 9.17) is 16.3 Å². The van der Waals surface area contributed by atoms with E-state index in [1.54, 1.807) is 0 Å². The summed E-state index contributed by atoms with van der Waals surface area (Å²) in [7, 11) is 0. The third-order valence-electron chi connectivity index (χ3n) is 7.09. The maximum Gasteiger partial charge on any atom is 0.119 e. The Morgan fingerprint density at radius 3 is 2.47 bits per heavy atom. The molecule has 0 saturated carbocycles. The number of halogens is 1. The fourth-order valence-corrected chi connectivity index (χ4v) is 5.31. The Morgan fingerprint density at radius 1 is 0.889 bits per heavy atom. The van der Waals surface area contributed by atoms with Crippen LogP contribution in [-0.4, -0.2) is 6.21 Å². The maximum atomic E-state index is 5.94. The van der Waals surface area contributed by atoms with E-state index >= 15 is 0 Å². The molecule has 0 aromatic heterocycles. The number of nitrogens with zero attached hydrogens (tertiary/aromatic N) is 1. The topological polar surface area (TPSA) is 33.6 Å². The molecule has 6 rings (SSSR count). The van der Waals surface area contributed by atoms with Gasteiger partial charge in [0.1, 0.15) is 12.4 Å². The van der Waals surface area contributed by atoms with Crippen LogP contribution in [0.25, 0.3) is 0 Å². The van der Waals surface area contributed by atoms with Crippen LogP contribution in [0, 0.1) is 5.92 Å². The van der Waals surface area contributed by atoms with Crippen molar-refractivity contribution in [3.8, 4) is 5.75 Å². The molecule has 0 bridgehead atoms. The Hall–Kier alpha value is -3.82. The molecule has 0 amide bonds. The lowest BCUT2D eigenvalue weighted by atomic mass is 9.77. The van der Waals surface area contributed by atoms with Crippen molar-refractivity contribution in [2.24, 2.45) is 10.9 Å². The molecule has 0 radical (unpaired) electrons. The van der Waals surface area contributed by atoms with E-state index in [9.17, 15) is 0 Å². The molecule has 0 fully saturated rings. The molecule has 1 heterocycles. The van der Waals surface area contributed by atoms with Gasteiger partial charge in [-0.1, -0.05) is 66.2 Å². The zero-order chi connectivity index (χ0) is 24.3. The average Bonchev–Trinajstić information content (AvgIpc) is 3.43. The summed E-state index contributed by atoms with van der Waals surface area (Å²) in [6, 6.07) is 33.3. The van der Waals surface area contributed by atoms with Crippen LogP contribution in [-0.2, 0) is 6.61 Å². The van der Waals surface area contributed by atoms with Crippen molar-refractivity contribution in [3.05, 3.63) is 136 Å². The highest BCUT2D eigenvalue weighted by Crippen LogP contribution is 2.49. The fourth-order valence-electron chi connectivity index (χ4n) is 5.19. The Kier molecular flexibility index (Phi) is 6.31. The Morgan fingerprint density at radius 2 is 1.67 bits per heavy atom. The fraction of sp³-hybridized carbons (Fsp3) is 0.156. The lowest BCUT2D eigenvalue weighted by Gasteiger charge is -2.37. The minimum absolute atomic E-state index is 0.304. The zero-order valence-corrected chi connectivity index (χ0v) is 20.6. The number of nitrogens with one attached hydrogen (secondary N) is 1. The zero-order valence-electron chi connectivity index (χ0n) is 19.8. The molecule has 2 aliphatic rings. The second-order valence-corrected chi connectivity index (χ2v) is 9.83. The summed E-state index contributed by atoms with van der Waals surface area (Å²) in [6.07, 6.45) is 7.71. The van der Waals surface area contributed by atoms with Gasteiger partial charge >= 0.3 is 0 Å². The Bertz CT molecular complexity index is 1390. The van der Waals surface area contributed by atoms with E-state index in [1.807, 2.05) is 54.7 Å². The molecule has 0 saturated heterocycles. The normalized spacial score (nSPS) is 20.1. The van der Waals surface area contributed by atoms with Gasteiger partial charge in [0.25, 0.3) is 0 Å². The van der Waals surface area contributed by atoms with Gasteiger partial charge in [0.2, 0.25) is 0 Å². The van der Waals surface area contributed by atoms with E-state index in [-0.39, 0.29) is 0 Å². The SMILES string of the molecule is Clc1ccc(COc2ccc(C=Nc3ccc([C@@H]4Nc5ccccc5[C@@H]5C=CC[C@@H]54)cc3)cc2)cc1. The monoisotopic (exact) mass is 490 g/mol. The van der Waals surface area contributed by atoms with Crippen molar-refractivity contribution in [2.45, 2.75) is 25.0 Å². The van der Waals surface area contributed by atoms with Crippen molar-refractivity contribution in [1.29, 1.82) is 0 Å². The molecule has 4 aromatic carbocycles. The predicted molar refractivity (Wildman–Crippen MR) is 149 cm³/mol. The molecule has 1 aliphatic carbocycles. The number of hydrogen-bond acceptors (Lipinski definition) is 3. The quantitative estimate of drug-likeness (QED) is 0.217. The number of rotatable bonds is 6. The lowest BCUT2D eigenvalue weighted by Crippen LogP contribution is -2.28. The van der Waals surface area contributed by atoms with Gasteiger partial charge in [-0.3, -0.25) is 4.99 Å². The van der Waals surface area contributed by atoms with E-state index in [1.165, 1.54) is 16.8 Å². The first-order valence-electron chi connectivity index (χ1n) is 12.4. The molecule has 3 atom stereocenters. The summed E-state index contributed by atoms with van der Waals surface area (Å²) in [5.74, 6) is 1.87. The minimum Gasteiger partial charge on any atom is -0.489 e. The first-order valence-corrected chi connectivity index (χ1v) is 12.7. The molecular weight excluding hydrogens is 464 g/mol. The summed E-state index contributed by atoms with van der Waals surface area (Å²) in [4.78, 5) is 4.69. The number of aliphatic imine (C=N–C) groups is 1. The van der Waals surface area contributed by atoms with Crippen molar-refractivity contribution < 1.29 is 4.74 Å². The number of hydrogen-bond donors (Lipinski definition) is 1. The number of ether oxygens (including phenoxy) is 1. The summed E-state index contributed by atoms with van der Waals surface area (Å²) in [5, 5.41) is 4.52. The number of allylic oxidation sites excluding steroid dienone is 2. The Labute approximate surface area is 217 Å². The highest BCUT2D eigenvalue weighted by molar-refractivity contribution is 6.30. The van der Waals surface area contributed by atoms with Gasteiger partial charge in [0, 0.05) is 22.8 Å². The first-order chi connectivity index (χ1) is 17.7. The second-order valence-electron chi connectivity index (χ2n) is 9.40. The molecule has 0 spiro atoms. The van der Waals surface area contributed by atoms with Gasteiger partial charge in [-0.25, -0.2) is 0 Å². The highest BCUT2D eigenvalue weighted by Gasteiger charge is 2.37. The van der Waals surface area contributed by atoms with Crippen molar-refractivity contribution in [1.82, 2.24) is 0 Å². The smallest absolute Gasteiger partial charge is 0.119 e. The Balaban J connectivity index is 1.10. The molecule has 1 aliphatic heterocycles. The largest absolute Gasteiger partial charge is 0.489 e. The highest BCUT2D eigenvalue weighted by atomic mass is 35.5. The molecule has 0 unspecified atom stereocenters. The van der Waals surface area contributed by atoms with Gasteiger partial charge in [-0.05, 0) is 89.2 Å². The lowest BCUT2D eigenvalue weighted by molar-refractivity contribution is 0.306. The van der Waals surface area contributed by atoms with Crippen molar-refractivity contribution in [3.63, 3.8) is 0 Å². The predicted octanol–water partition coefficient (Wildman–Crippen LogP) is 8.50. The van der Waals surface area contributed by atoms with Crippen LogP contribution in [0.3, 0.4) is 0 Å². The van der Waals surface area contributed by atoms with Gasteiger partial charge in [-0.15, -0.1) is 0 Å². The van der Waals surface area contributed by atoms with Crippen LogP contribution < -0.4 is 10.1 Å². The van der Waals surface area contributed by atoms with Crippen LogP contribution in [0.5, 0.6) is 5.75 Å². The number of para-hydroxylation sites is 1.